The Balaban J connectivity index is 3.84. The zero-order chi connectivity index (χ0) is 11.0. The van der Waals surface area contributed by atoms with Crippen LogP contribution in [0.15, 0.2) is 5.16 Å². The molecule has 0 aliphatic carbocycles. The van der Waals surface area contributed by atoms with Crippen molar-refractivity contribution in [2.75, 3.05) is 26.8 Å². The van der Waals surface area contributed by atoms with Gasteiger partial charge in [0.15, 0.2) is 0 Å². The van der Waals surface area contributed by atoms with Crippen LogP contribution in [0.2, 0.25) is 0 Å². The minimum atomic E-state index is 0.271. The first kappa shape index (κ1) is 13.2. The molecule has 5 heteroatoms. The summed E-state index contributed by atoms with van der Waals surface area (Å²) in [6, 6.07) is 0.441. The van der Waals surface area contributed by atoms with E-state index in [1.165, 1.54) is 0 Å². The summed E-state index contributed by atoms with van der Waals surface area (Å²) in [6.45, 7) is 6.59. The molecule has 0 aromatic rings. The van der Waals surface area contributed by atoms with Crippen LogP contribution in [0.25, 0.3) is 0 Å². The molecule has 0 aliphatic heterocycles. The van der Waals surface area contributed by atoms with E-state index in [1.54, 1.807) is 7.11 Å². The molecule has 0 heterocycles. The topological polar surface area (TPSA) is 71.1 Å². The Hall–Kier alpha value is -0.810. The van der Waals surface area contributed by atoms with Crippen molar-refractivity contribution in [3.05, 3.63) is 0 Å². The van der Waals surface area contributed by atoms with Crippen molar-refractivity contribution in [1.82, 2.24) is 4.90 Å². The maximum atomic E-state index is 8.38. The molecule has 0 aromatic carbocycles. The van der Waals surface area contributed by atoms with E-state index in [9.17, 15) is 0 Å². The minimum Gasteiger partial charge on any atom is -0.409 e. The van der Waals surface area contributed by atoms with Crippen LogP contribution in [0.1, 0.15) is 20.3 Å². The van der Waals surface area contributed by atoms with Gasteiger partial charge in [-0.05, 0) is 13.8 Å². The molecule has 84 valence electrons. The molecule has 0 spiro atoms. The van der Waals surface area contributed by atoms with E-state index in [0.29, 0.717) is 19.1 Å². The molecular weight excluding hydrogens is 182 g/mol. The highest BCUT2D eigenvalue weighted by atomic mass is 16.5. The summed E-state index contributed by atoms with van der Waals surface area (Å²) in [5.41, 5.74) is 5.39. The van der Waals surface area contributed by atoms with Crippen molar-refractivity contribution in [2.24, 2.45) is 10.9 Å². The summed E-state index contributed by atoms with van der Waals surface area (Å²) < 4.78 is 5.00. The first-order chi connectivity index (χ1) is 6.61. The van der Waals surface area contributed by atoms with E-state index < -0.39 is 0 Å². The molecule has 0 atom stereocenters. The van der Waals surface area contributed by atoms with Gasteiger partial charge in [-0.25, -0.2) is 0 Å². The lowest BCUT2D eigenvalue weighted by Crippen LogP contribution is -2.36. The van der Waals surface area contributed by atoms with Gasteiger partial charge in [-0.3, -0.25) is 4.90 Å². The SMILES string of the molecule is COCCN(CCC(N)=NO)C(C)C. The lowest BCUT2D eigenvalue weighted by atomic mass is 10.3. The highest BCUT2D eigenvalue weighted by Crippen LogP contribution is 1.99. The van der Waals surface area contributed by atoms with Crippen LogP contribution < -0.4 is 5.73 Å². The van der Waals surface area contributed by atoms with Gasteiger partial charge in [0, 0.05) is 32.7 Å². The number of hydrogen-bond donors (Lipinski definition) is 2. The number of nitrogens with zero attached hydrogens (tertiary/aromatic N) is 2. The number of methoxy groups -OCH3 is 1. The number of rotatable bonds is 7. The Kier molecular flexibility index (Phi) is 7.14. The van der Waals surface area contributed by atoms with Gasteiger partial charge in [0.05, 0.1) is 6.61 Å². The van der Waals surface area contributed by atoms with E-state index in [2.05, 4.69) is 23.9 Å². The smallest absolute Gasteiger partial charge is 0.140 e. The van der Waals surface area contributed by atoms with Crippen LogP contribution >= 0.6 is 0 Å². The number of hydrogen-bond acceptors (Lipinski definition) is 4. The molecule has 3 N–H and O–H groups in total. The van der Waals surface area contributed by atoms with Crippen LogP contribution in [-0.2, 0) is 4.74 Å². The number of ether oxygens (including phenoxy) is 1. The maximum Gasteiger partial charge on any atom is 0.140 e. The van der Waals surface area contributed by atoms with E-state index >= 15 is 0 Å². The zero-order valence-electron chi connectivity index (χ0n) is 9.23. The van der Waals surface area contributed by atoms with Gasteiger partial charge in [-0.1, -0.05) is 5.16 Å². The van der Waals surface area contributed by atoms with Gasteiger partial charge >= 0.3 is 0 Å². The van der Waals surface area contributed by atoms with Gasteiger partial charge in [0.2, 0.25) is 0 Å². The van der Waals surface area contributed by atoms with Crippen molar-refractivity contribution in [1.29, 1.82) is 0 Å². The fraction of sp³-hybridized carbons (Fsp3) is 0.889. The normalized spacial score (nSPS) is 12.8. The third kappa shape index (κ3) is 5.77. The highest BCUT2D eigenvalue weighted by molar-refractivity contribution is 5.79. The van der Waals surface area contributed by atoms with E-state index in [1.807, 2.05) is 0 Å². The Morgan fingerprint density at radius 1 is 1.50 bits per heavy atom. The van der Waals surface area contributed by atoms with Crippen molar-refractivity contribution >= 4 is 5.84 Å². The van der Waals surface area contributed by atoms with Gasteiger partial charge < -0.3 is 15.7 Å². The van der Waals surface area contributed by atoms with Crippen LogP contribution in [0, 0.1) is 0 Å². The lowest BCUT2D eigenvalue weighted by molar-refractivity contribution is 0.131. The molecule has 0 aliphatic rings. The Labute approximate surface area is 85.5 Å². The second-order valence-electron chi connectivity index (χ2n) is 3.46. The second-order valence-corrected chi connectivity index (χ2v) is 3.46. The number of nitrogens with two attached hydrogens (primary N) is 1. The Morgan fingerprint density at radius 2 is 2.14 bits per heavy atom. The Bertz CT molecular complexity index is 171. The maximum absolute atomic E-state index is 8.38. The van der Waals surface area contributed by atoms with Crippen LogP contribution in [0.4, 0.5) is 0 Å². The third-order valence-corrected chi connectivity index (χ3v) is 2.10. The summed E-state index contributed by atoms with van der Waals surface area (Å²) in [5, 5.41) is 11.3. The molecule has 0 saturated carbocycles. The van der Waals surface area contributed by atoms with Crippen LogP contribution in [-0.4, -0.2) is 48.8 Å². The molecular formula is C9H21N3O2. The van der Waals surface area contributed by atoms with Crippen molar-refractivity contribution < 1.29 is 9.94 Å². The molecule has 0 radical (unpaired) electrons. The second kappa shape index (κ2) is 7.58. The number of oxime groups is 1. The first-order valence-corrected chi connectivity index (χ1v) is 4.81. The average Bonchev–Trinajstić information content (AvgIpc) is 2.16. The van der Waals surface area contributed by atoms with E-state index in [-0.39, 0.29) is 5.84 Å². The van der Waals surface area contributed by atoms with Crippen LogP contribution in [0.5, 0.6) is 0 Å². The molecule has 0 bridgehead atoms. The third-order valence-electron chi connectivity index (χ3n) is 2.10. The molecule has 0 aromatic heterocycles. The van der Waals surface area contributed by atoms with Crippen molar-refractivity contribution in [3.63, 3.8) is 0 Å². The molecule has 0 saturated heterocycles. The molecule has 0 amide bonds. The standard InChI is InChI=1S/C9H21N3O2/c1-8(2)12(6-7-14-3)5-4-9(10)11-13/h8,13H,4-7H2,1-3H3,(H2,10,11). The molecule has 0 fully saturated rings. The fourth-order valence-corrected chi connectivity index (χ4v) is 1.14. The first-order valence-electron chi connectivity index (χ1n) is 4.81. The molecule has 0 unspecified atom stereocenters. The molecule has 0 rings (SSSR count). The predicted octanol–water partition coefficient (Wildman–Crippen LogP) is 0.480. The van der Waals surface area contributed by atoms with E-state index in [0.717, 1.165) is 13.1 Å². The summed E-state index contributed by atoms with van der Waals surface area (Å²) in [5.74, 6) is 0.271. The lowest BCUT2D eigenvalue weighted by Gasteiger charge is -2.25. The average molecular weight is 203 g/mol. The summed E-state index contributed by atoms with van der Waals surface area (Å²) in [6.07, 6.45) is 0.582. The summed E-state index contributed by atoms with van der Waals surface area (Å²) >= 11 is 0. The van der Waals surface area contributed by atoms with Gasteiger partial charge in [0.1, 0.15) is 5.84 Å². The van der Waals surface area contributed by atoms with Crippen LogP contribution in [0.3, 0.4) is 0 Å². The molecule has 5 nitrogen and oxygen atoms in total. The van der Waals surface area contributed by atoms with Gasteiger partial charge in [-0.15, -0.1) is 0 Å². The van der Waals surface area contributed by atoms with Gasteiger partial charge in [0.25, 0.3) is 0 Å². The highest BCUT2D eigenvalue weighted by Gasteiger charge is 2.09. The minimum absolute atomic E-state index is 0.271. The predicted molar refractivity (Wildman–Crippen MR) is 56.6 cm³/mol. The molecule has 14 heavy (non-hydrogen) atoms. The largest absolute Gasteiger partial charge is 0.409 e. The van der Waals surface area contributed by atoms with Crippen molar-refractivity contribution in [2.45, 2.75) is 26.3 Å². The number of amidine groups is 1. The van der Waals surface area contributed by atoms with E-state index in [4.69, 9.17) is 15.7 Å². The summed E-state index contributed by atoms with van der Waals surface area (Å²) in [4.78, 5) is 2.22. The fourth-order valence-electron chi connectivity index (χ4n) is 1.14. The summed E-state index contributed by atoms with van der Waals surface area (Å²) in [7, 11) is 1.68. The zero-order valence-corrected chi connectivity index (χ0v) is 9.23. The van der Waals surface area contributed by atoms with Crippen molar-refractivity contribution in [3.8, 4) is 0 Å². The Morgan fingerprint density at radius 3 is 2.57 bits per heavy atom. The quantitative estimate of drug-likeness (QED) is 0.273. The monoisotopic (exact) mass is 203 g/mol. The van der Waals surface area contributed by atoms with Gasteiger partial charge in [-0.2, -0.15) is 0 Å².